The van der Waals surface area contributed by atoms with E-state index in [2.05, 4.69) is 10.3 Å². The number of aliphatic imine (C=N–C) groups is 1. The van der Waals surface area contributed by atoms with Gasteiger partial charge in [0.2, 0.25) is 0 Å². The highest BCUT2D eigenvalue weighted by atomic mass is 16.5. The molecule has 1 atom stereocenters. The van der Waals surface area contributed by atoms with Crippen molar-refractivity contribution in [1.82, 2.24) is 5.32 Å². The van der Waals surface area contributed by atoms with Crippen LogP contribution in [-0.4, -0.2) is 19.0 Å². The van der Waals surface area contributed by atoms with Gasteiger partial charge in [-0.15, -0.1) is 0 Å². The Labute approximate surface area is 99.7 Å². The van der Waals surface area contributed by atoms with Crippen LogP contribution < -0.4 is 15.8 Å². The first-order chi connectivity index (χ1) is 8.12. The Morgan fingerprint density at radius 1 is 1.41 bits per heavy atom. The average molecular weight is 233 g/mol. The number of guanidine groups is 1. The van der Waals surface area contributed by atoms with Gasteiger partial charge in [0.05, 0.1) is 7.11 Å². The van der Waals surface area contributed by atoms with Crippen LogP contribution in [0.3, 0.4) is 0 Å². The summed E-state index contributed by atoms with van der Waals surface area (Å²) in [5.74, 6) is 0.741. The molecule has 17 heavy (non-hydrogen) atoms. The average Bonchev–Trinajstić information content (AvgIpc) is 2.65. The molecular weight excluding hydrogens is 218 g/mol. The summed E-state index contributed by atoms with van der Waals surface area (Å²) in [5, 5.41) is 2.54. The lowest BCUT2D eigenvalue weighted by Gasteiger charge is -2.21. The van der Waals surface area contributed by atoms with Crippen LogP contribution >= 0.6 is 0 Å². The third kappa shape index (κ3) is 1.73. The summed E-state index contributed by atoms with van der Waals surface area (Å²) in [6, 6.07) is 7.29. The van der Waals surface area contributed by atoms with E-state index in [1.807, 2.05) is 31.2 Å². The Bertz CT molecular complexity index is 467. The molecule has 1 aliphatic heterocycles. The van der Waals surface area contributed by atoms with Crippen molar-refractivity contribution in [3.8, 4) is 5.75 Å². The maximum absolute atomic E-state index is 12.0. The highest BCUT2D eigenvalue weighted by Gasteiger charge is 2.43. The Balaban J connectivity index is 2.44. The molecule has 0 aliphatic carbocycles. The van der Waals surface area contributed by atoms with Gasteiger partial charge in [0.15, 0.2) is 11.5 Å². The van der Waals surface area contributed by atoms with Gasteiger partial charge in [0.1, 0.15) is 5.75 Å². The Hall–Kier alpha value is -2.04. The van der Waals surface area contributed by atoms with Gasteiger partial charge < -0.3 is 10.5 Å². The van der Waals surface area contributed by atoms with Crippen molar-refractivity contribution >= 4 is 11.9 Å². The molecule has 0 saturated heterocycles. The van der Waals surface area contributed by atoms with Crippen molar-refractivity contribution in [2.24, 2.45) is 10.7 Å². The highest BCUT2D eigenvalue weighted by Crippen LogP contribution is 2.33. The maximum Gasteiger partial charge on any atom is 0.259 e. The standard InChI is InChI=1S/C12H15N3O2/c1-3-12(10(16)14-11(13)15-12)8-4-6-9(17-2)7-5-8/h4-7H,3H2,1-2H3,(H3,13,14,15,16). The van der Waals surface area contributed by atoms with Crippen LogP contribution in [0.5, 0.6) is 5.75 Å². The molecule has 90 valence electrons. The summed E-state index contributed by atoms with van der Waals surface area (Å²) in [4.78, 5) is 16.2. The van der Waals surface area contributed by atoms with E-state index < -0.39 is 5.54 Å². The number of methoxy groups -OCH3 is 1. The lowest BCUT2D eigenvalue weighted by Crippen LogP contribution is -2.38. The van der Waals surface area contributed by atoms with E-state index in [4.69, 9.17) is 10.5 Å². The fourth-order valence-corrected chi connectivity index (χ4v) is 2.01. The molecule has 0 bridgehead atoms. The zero-order valence-corrected chi connectivity index (χ0v) is 9.86. The molecule has 1 amide bonds. The minimum absolute atomic E-state index is 0.174. The van der Waals surface area contributed by atoms with Crippen molar-refractivity contribution in [1.29, 1.82) is 0 Å². The van der Waals surface area contributed by atoms with Gasteiger partial charge in [0.25, 0.3) is 5.91 Å². The second kappa shape index (κ2) is 4.08. The smallest absolute Gasteiger partial charge is 0.259 e. The molecule has 1 aliphatic rings. The third-order valence-electron chi connectivity index (χ3n) is 3.01. The van der Waals surface area contributed by atoms with Crippen LogP contribution in [0.4, 0.5) is 0 Å². The van der Waals surface area contributed by atoms with Crippen molar-refractivity contribution in [3.05, 3.63) is 29.8 Å². The van der Waals surface area contributed by atoms with Gasteiger partial charge in [-0.3, -0.25) is 10.1 Å². The molecule has 5 heteroatoms. The number of amides is 1. The van der Waals surface area contributed by atoms with Gasteiger partial charge >= 0.3 is 0 Å². The minimum atomic E-state index is -0.893. The molecule has 2 rings (SSSR count). The number of carbonyl (C=O) groups excluding carboxylic acids is 1. The van der Waals surface area contributed by atoms with Crippen LogP contribution in [0.25, 0.3) is 0 Å². The molecule has 0 spiro atoms. The molecular formula is C12H15N3O2. The van der Waals surface area contributed by atoms with Gasteiger partial charge in [-0.2, -0.15) is 0 Å². The molecule has 0 fully saturated rings. The summed E-state index contributed by atoms with van der Waals surface area (Å²) < 4.78 is 5.09. The molecule has 5 nitrogen and oxygen atoms in total. The molecule has 1 aromatic rings. The number of hydrogen-bond donors (Lipinski definition) is 2. The number of benzene rings is 1. The predicted octanol–water partition coefficient (Wildman–Crippen LogP) is 0.745. The fraction of sp³-hybridized carbons (Fsp3) is 0.333. The largest absolute Gasteiger partial charge is 0.497 e. The summed E-state index contributed by atoms with van der Waals surface area (Å²) in [6.45, 7) is 1.91. The van der Waals surface area contributed by atoms with E-state index in [-0.39, 0.29) is 11.9 Å². The third-order valence-corrected chi connectivity index (χ3v) is 3.01. The lowest BCUT2D eigenvalue weighted by molar-refractivity contribution is -0.124. The molecule has 0 aromatic heterocycles. The van der Waals surface area contributed by atoms with Gasteiger partial charge in [0, 0.05) is 0 Å². The first-order valence-electron chi connectivity index (χ1n) is 5.43. The second-order valence-corrected chi connectivity index (χ2v) is 3.89. The van der Waals surface area contributed by atoms with Crippen molar-refractivity contribution in [2.75, 3.05) is 7.11 Å². The normalized spacial score (nSPS) is 23.2. The lowest BCUT2D eigenvalue weighted by atomic mass is 9.87. The van der Waals surface area contributed by atoms with E-state index in [0.29, 0.717) is 6.42 Å². The van der Waals surface area contributed by atoms with E-state index in [1.54, 1.807) is 7.11 Å². The van der Waals surface area contributed by atoms with Gasteiger partial charge in [-0.1, -0.05) is 19.1 Å². The van der Waals surface area contributed by atoms with Crippen LogP contribution in [0, 0.1) is 0 Å². The van der Waals surface area contributed by atoms with E-state index >= 15 is 0 Å². The summed E-state index contributed by atoms with van der Waals surface area (Å²) in [5.41, 5.74) is 5.49. The van der Waals surface area contributed by atoms with E-state index in [0.717, 1.165) is 11.3 Å². The maximum atomic E-state index is 12.0. The Morgan fingerprint density at radius 2 is 2.06 bits per heavy atom. The van der Waals surface area contributed by atoms with Crippen molar-refractivity contribution < 1.29 is 9.53 Å². The number of carbonyl (C=O) groups is 1. The van der Waals surface area contributed by atoms with Crippen LogP contribution in [0.1, 0.15) is 18.9 Å². The van der Waals surface area contributed by atoms with Crippen LogP contribution in [0.15, 0.2) is 29.3 Å². The van der Waals surface area contributed by atoms with Crippen molar-refractivity contribution in [3.63, 3.8) is 0 Å². The molecule has 1 unspecified atom stereocenters. The SMILES string of the molecule is CCC1(c2ccc(OC)cc2)N=C(N)NC1=O. The number of ether oxygens (including phenoxy) is 1. The topological polar surface area (TPSA) is 76.7 Å². The first-order valence-corrected chi connectivity index (χ1v) is 5.43. The number of nitrogens with one attached hydrogen (secondary N) is 1. The van der Waals surface area contributed by atoms with Gasteiger partial charge in [-0.25, -0.2) is 4.99 Å². The minimum Gasteiger partial charge on any atom is -0.497 e. The fourth-order valence-electron chi connectivity index (χ4n) is 2.01. The number of nitrogens with two attached hydrogens (primary N) is 1. The van der Waals surface area contributed by atoms with Gasteiger partial charge in [-0.05, 0) is 24.1 Å². The van der Waals surface area contributed by atoms with Crippen LogP contribution in [-0.2, 0) is 10.3 Å². The summed E-state index contributed by atoms with van der Waals surface area (Å²) in [7, 11) is 1.60. The predicted molar refractivity (Wildman–Crippen MR) is 64.7 cm³/mol. The van der Waals surface area contributed by atoms with Crippen molar-refractivity contribution in [2.45, 2.75) is 18.9 Å². The number of nitrogens with zero attached hydrogens (tertiary/aromatic N) is 1. The molecule has 3 N–H and O–H groups in total. The quantitative estimate of drug-likeness (QED) is 0.808. The molecule has 0 saturated carbocycles. The summed E-state index contributed by atoms with van der Waals surface area (Å²) in [6.07, 6.45) is 0.561. The number of rotatable bonds is 3. The summed E-state index contributed by atoms with van der Waals surface area (Å²) >= 11 is 0. The molecule has 1 heterocycles. The molecule has 0 radical (unpaired) electrons. The Kier molecular flexibility index (Phi) is 2.75. The zero-order valence-electron chi connectivity index (χ0n) is 9.86. The second-order valence-electron chi connectivity index (χ2n) is 3.89. The Morgan fingerprint density at radius 3 is 2.47 bits per heavy atom. The van der Waals surface area contributed by atoms with E-state index in [1.165, 1.54) is 0 Å². The highest BCUT2D eigenvalue weighted by molar-refractivity contribution is 6.07. The van der Waals surface area contributed by atoms with E-state index in [9.17, 15) is 4.79 Å². The monoisotopic (exact) mass is 233 g/mol. The van der Waals surface area contributed by atoms with Crippen LogP contribution in [0.2, 0.25) is 0 Å². The first kappa shape index (κ1) is 11.4. The zero-order chi connectivity index (χ0) is 12.5. The number of hydrogen-bond acceptors (Lipinski definition) is 4. The molecule has 1 aromatic carbocycles.